The molecule has 0 unspecified atom stereocenters. The molecule has 88 valence electrons. The van der Waals surface area contributed by atoms with E-state index < -0.39 is 0 Å². The van der Waals surface area contributed by atoms with Gasteiger partial charge in [-0.05, 0) is 18.6 Å². The van der Waals surface area contributed by atoms with Crippen LogP contribution in [0.1, 0.15) is 29.6 Å². The van der Waals surface area contributed by atoms with Crippen molar-refractivity contribution in [1.29, 1.82) is 0 Å². The minimum absolute atomic E-state index is 0. The number of halogens is 3. The number of benzene rings is 1. The van der Waals surface area contributed by atoms with Gasteiger partial charge < -0.3 is 9.24 Å². The van der Waals surface area contributed by atoms with Gasteiger partial charge in [-0.2, -0.15) is 6.16 Å². The number of carbonyl (C=O) groups is 1. The van der Waals surface area contributed by atoms with E-state index in [1.807, 2.05) is 0 Å². The van der Waals surface area contributed by atoms with E-state index in [0.717, 1.165) is 19.0 Å². The first-order valence-electron chi connectivity index (χ1n) is 4.88. The SMILES string of the molecule is O=C(CCCC[PH-])c1c(Cl)cc(Cl)cc1Cl.[Li+]. The van der Waals surface area contributed by atoms with Crippen LogP contribution in [0.4, 0.5) is 0 Å². The summed E-state index contributed by atoms with van der Waals surface area (Å²) in [6.07, 6.45) is 3.10. The van der Waals surface area contributed by atoms with Crippen LogP contribution in [0, 0.1) is 0 Å². The summed E-state index contributed by atoms with van der Waals surface area (Å²) in [4.78, 5) is 11.8. The second-order valence-electron chi connectivity index (χ2n) is 3.37. The van der Waals surface area contributed by atoms with Crippen molar-refractivity contribution in [3.63, 3.8) is 0 Å². The van der Waals surface area contributed by atoms with Crippen LogP contribution in [0.5, 0.6) is 0 Å². The molecule has 0 fully saturated rings. The Balaban J connectivity index is 0.00000256. The number of ketones is 1. The van der Waals surface area contributed by atoms with E-state index in [2.05, 4.69) is 9.24 Å². The van der Waals surface area contributed by atoms with Crippen LogP contribution >= 0.6 is 44.0 Å². The molecule has 0 aliphatic rings. The van der Waals surface area contributed by atoms with Crippen molar-refractivity contribution in [1.82, 2.24) is 0 Å². The molecule has 17 heavy (non-hydrogen) atoms. The molecule has 0 amide bonds. The van der Waals surface area contributed by atoms with Crippen LogP contribution in [-0.4, -0.2) is 11.9 Å². The van der Waals surface area contributed by atoms with Crippen LogP contribution in [0.15, 0.2) is 12.1 Å². The van der Waals surface area contributed by atoms with E-state index in [-0.39, 0.29) is 24.6 Å². The van der Waals surface area contributed by atoms with Crippen molar-refractivity contribution in [2.75, 3.05) is 6.16 Å². The van der Waals surface area contributed by atoms with Crippen molar-refractivity contribution in [3.8, 4) is 0 Å². The van der Waals surface area contributed by atoms with Crippen molar-refractivity contribution in [2.45, 2.75) is 19.3 Å². The normalized spacial score (nSPS) is 9.88. The summed E-state index contributed by atoms with van der Waals surface area (Å²) >= 11 is 17.7. The van der Waals surface area contributed by atoms with Gasteiger partial charge in [0.15, 0.2) is 5.78 Å². The van der Waals surface area contributed by atoms with Gasteiger partial charge in [-0.1, -0.05) is 41.2 Å². The molecule has 1 nitrogen and oxygen atoms in total. The Morgan fingerprint density at radius 2 is 1.65 bits per heavy atom. The van der Waals surface area contributed by atoms with E-state index >= 15 is 0 Å². The summed E-state index contributed by atoms with van der Waals surface area (Å²) in [6.45, 7) is 0. The van der Waals surface area contributed by atoms with Gasteiger partial charge in [0.2, 0.25) is 0 Å². The summed E-state index contributed by atoms with van der Waals surface area (Å²) in [5.74, 6) is -0.0354. The molecule has 0 aliphatic heterocycles. The third kappa shape index (κ3) is 5.52. The van der Waals surface area contributed by atoms with Crippen LogP contribution in [0.25, 0.3) is 0 Å². The number of rotatable bonds is 5. The molecule has 1 aromatic carbocycles. The Kier molecular flexibility index (Phi) is 9.22. The van der Waals surface area contributed by atoms with Crippen molar-refractivity contribution in [2.24, 2.45) is 0 Å². The summed E-state index contributed by atoms with van der Waals surface area (Å²) in [5.41, 5.74) is 0.377. The number of carbonyl (C=O) groups excluding carboxylic acids is 1. The quantitative estimate of drug-likeness (QED) is 0.352. The predicted octanol–water partition coefficient (Wildman–Crippen LogP) is 2.15. The van der Waals surface area contributed by atoms with Gasteiger partial charge in [0.25, 0.3) is 0 Å². The molecule has 6 heteroatoms. The van der Waals surface area contributed by atoms with Gasteiger partial charge in [0, 0.05) is 11.4 Å². The molecule has 0 heterocycles. The maximum atomic E-state index is 11.8. The standard InChI is InChI=1S/C11H11Cl3OP.Li/c12-7-5-8(13)11(9(14)6-7)10(15)3-1-2-4-16;/h5-6,16H,1-4H2;/q-1;+1. The van der Waals surface area contributed by atoms with Gasteiger partial charge >= 0.3 is 18.9 Å². The predicted molar refractivity (Wildman–Crippen MR) is 72.8 cm³/mol. The molecule has 0 saturated carbocycles. The van der Waals surface area contributed by atoms with E-state index in [1.165, 1.54) is 12.1 Å². The van der Waals surface area contributed by atoms with Gasteiger partial charge in [-0.3, -0.25) is 4.79 Å². The van der Waals surface area contributed by atoms with Crippen molar-refractivity contribution in [3.05, 3.63) is 32.8 Å². The van der Waals surface area contributed by atoms with Crippen LogP contribution in [-0.2, 0) is 0 Å². The third-order valence-corrected chi connectivity index (χ3v) is 3.28. The fraction of sp³-hybridized carbons (Fsp3) is 0.364. The largest absolute Gasteiger partial charge is 1.00 e. The molecule has 1 aromatic rings. The maximum Gasteiger partial charge on any atom is 1.00 e. The van der Waals surface area contributed by atoms with E-state index in [4.69, 9.17) is 34.8 Å². The van der Waals surface area contributed by atoms with Crippen molar-refractivity contribution < 1.29 is 23.7 Å². The van der Waals surface area contributed by atoms with Crippen LogP contribution in [0.2, 0.25) is 15.1 Å². The Morgan fingerprint density at radius 1 is 1.12 bits per heavy atom. The average Bonchev–Trinajstić information content (AvgIpc) is 2.16. The third-order valence-electron chi connectivity index (χ3n) is 2.12. The average molecular weight is 303 g/mol. The minimum atomic E-state index is -0.0354. The van der Waals surface area contributed by atoms with Crippen molar-refractivity contribution >= 4 is 49.8 Å². The zero-order chi connectivity index (χ0) is 12.1. The minimum Gasteiger partial charge on any atom is -0.558 e. The number of unbranched alkanes of at least 4 members (excludes halogenated alkanes) is 1. The van der Waals surface area contributed by atoms with E-state index in [9.17, 15) is 4.79 Å². The molecule has 0 spiro atoms. The molecule has 0 aliphatic carbocycles. The Bertz CT molecular complexity index is 375. The molecule has 0 radical (unpaired) electrons. The Morgan fingerprint density at radius 3 is 2.12 bits per heavy atom. The van der Waals surface area contributed by atoms with E-state index in [1.54, 1.807) is 0 Å². The molecule has 0 atom stereocenters. The number of hydrogen-bond acceptors (Lipinski definition) is 1. The van der Waals surface area contributed by atoms with Gasteiger partial charge in [0.05, 0.1) is 15.6 Å². The molecule has 1 rings (SSSR count). The summed E-state index contributed by atoms with van der Waals surface area (Å²) in [7, 11) is 3.36. The topological polar surface area (TPSA) is 17.1 Å². The number of Topliss-reactive ketones (excluding diaryl/α,β-unsaturated/α-hetero) is 1. The zero-order valence-electron chi connectivity index (χ0n) is 9.53. The van der Waals surface area contributed by atoms with Gasteiger partial charge in [0.1, 0.15) is 0 Å². The fourth-order valence-corrected chi connectivity index (χ4v) is 2.62. The van der Waals surface area contributed by atoms with Gasteiger partial charge in [-0.15, -0.1) is 0 Å². The second kappa shape index (κ2) is 8.81. The first-order valence-corrected chi connectivity index (χ1v) is 6.72. The molecular weight excluding hydrogens is 292 g/mol. The Labute approximate surface area is 131 Å². The maximum absolute atomic E-state index is 11.8. The monoisotopic (exact) mass is 302 g/mol. The number of hydrogen-bond donors (Lipinski definition) is 0. The zero-order valence-corrected chi connectivity index (χ0v) is 12.8. The Hall–Kier alpha value is 0.787. The smallest absolute Gasteiger partial charge is 0.558 e. The molecule has 0 N–H and O–H groups in total. The molecule has 0 aromatic heterocycles. The summed E-state index contributed by atoms with van der Waals surface area (Å²) in [5, 5.41) is 1.08. The summed E-state index contributed by atoms with van der Waals surface area (Å²) in [6, 6.07) is 3.07. The first-order chi connectivity index (χ1) is 7.56. The molecule has 0 saturated heterocycles. The first kappa shape index (κ1) is 17.8. The molecular formula is C11H11Cl3LiOP. The fourth-order valence-electron chi connectivity index (χ4n) is 1.34. The van der Waals surface area contributed by atoms with Crippen LogP contribution in [0.3, 0.4) is 0 Å². The van der Waals surface area contributed by atoms with E-state index in [0.29, 0.717) is 27.1 Å². The van der Waals surface area contributed by atoms with Crippen LogP contribution < -0.4 is 18.9 Å². The van der Waals surface area contributed by atoms with Gasteiger partial charge in [-0.25, -0.2) is 0 Å². The second-order valence-corrected chi connectivity index (χ2v) is 5.13. The summed E-state index contributed by atoms with van der Waals surface area (Å²) < 4.78 is 0. The molecule has 0 bridgehead atoms.